The number of morpholine rings is 1. The summed E-state index contributed by atoms with van der Waals surface area (Å²) in [6.07, 6.45) is 0.197. The number of carbonyl (C=O) groups excluding carboxylic acids is 1. The Balaban J connectivity index is 1.55. The number of rotatable bonds is 8. The zero-order valence-electron chi connectivity index (χ0n) is 16.9. The van der Waals surface area contributed by atoms with Crippen molar-refractivity contribution in [2.24, 2.45) is 0 Å². The molecule has 0 bridgehead atoms. The molecule has 2 N–H and O–H groups in total. The van der Waals surface area contributed by atoms with Gasteiger partial charge in [-0.25, -0.2) is 0 Å². The molecule has 3 rings (SSSR count). The lowest BCUT2D eigenvalue weighted by atomic mass is 10.1. The summed E-state index contributed by atoms with van der Waals surface area (Å²) in [5.41, 5.74) is 4.21. The lowest BCUT2D eigenvalue weighted by Crippen LogP contribution is -3.12. The Labute approximate surface area is 167 Å². The maximum Gasteiger partial charge on any atom is 0.251 e. The Hall–Kier alpha value is -2.21. The van der Waals surface area contributed by atoms with Crippen LogP contribution in [0.15, 0.2) is 48.5 Å². The van der Waals surface area contributed by atoms with Gasteiger partial charge in [-0.2, -0.15) is 0 Å². The molecule has 150 valence electrons. The zero-order valence-corrected chi connectivity index (χ0v) is 16.9. The Morgan fingerprint density at radius 2 is 1.75 bits per heavy atom. The first-order valence-electron chi connectivity index (χ1n) is 10.1. The second-order valence-corrected chi connectivity index (χ2v) is 7.55. The third-order valence-electron chi connectivity index (χ3n) is 5.00. The minimum atomic E-state index is -0.0511. The van der Waals surface area contributed by atoms with Crippen LogP contribution in [0.3, 0.4) is 0 Å². The van der Waals surface area contributed by atoms with Crippen molar-refractivity contribution in [3.63, 3.8) is 0 Å². The number of hydrogen-bond donors (Lipinski definition) is 2. The number of hydrogen-bond acceptors (Lipinski definition) is 3. The summed E-state index contributed by atoms with van der Waals surface area (Å²) < 4.78 is 11.0. The number of quaternary nitrogens is 1. The smallest absolute Gasteiger partial charge is 0.251 e. The lowest BCUT2D eigenvalue weighted by molar-refractivity contribution is -0.921. The van der Waals surface area contributed by atoms with Gasteiger partial charge in [0.1, 0.15) is 19.6 Å². The van der Waals surface area contributed by atoms with Crippen molar-refractivity contribution >= 4 is 5.91 Å². The minimum absolute atomic E-state index is 0.0511. The molecule has 0 unspecified atom stereocenters. The summed E-state index contributed by atoms with van der Waals surface area (Å²) in [5.74, 6) is -0.0511. The second-order valence-electron chi connectivity index (χ2n) is 7.55. The summed E-state index contributed by atoms with van der Waals surface area (Å²) in [5, 5.41) is 3.06. The molecule has 5 heteroatoms. The molecule has 5 nitrogen and oxygen atoms in total. The van der Waals surface area contributed by atoms with Crippen LogP contribution in [0.25, 0.3) is 0 Å². The van der Waals surface area contributed by atoms with Gasteiger partial charge in [-0.1, -0.05) is 36.4 Å². The predicted molar refractivity (Wildman–Crippen MR) is 109 cm³/mol. The van der Waals surface area contributed by atoms with Crippen molar-refractivity contribution in [2.75, 3.05) is 26.3 Å². The van der Waals surface area contributed by atoms with Crippen LogP contribution in [-0.4, -0.2) is 38.3 Å². The fourth-order valence-electron chi connectivity index (χ4n) is 3.30. The lowest BCUT2D eigenvalue weighted by Gasteiger charge is -2.24. The van der Waals surface area contributed by atoms with Gasteiger partial charge in [0, 0.05) is 17.7 Å². The van der Waals surface area contributed by atoms with E-state index in [0.29, 0.717) is 18.7 Å². The zero-order chi connectivity index (χ0) is 19.8. The van der Waals surface area contributed by atoms with Crippen LogP contribution in [-0.2, 0) is 29.2 Å². The van der Waals surface area contributed by atoms with Gasteiger partial charge >= 0.3 is 0 Å². The van der Waals surface area contributed by atoms with Crippen molar-refractivity contribution in [3.8, 4) is 0 Å². The highest BCUT2D eigenvalue weighted by molar-refractivity contribution is 5.94. The van der Waals surface area contributed by atoms with Crippen molar-refractivity contribution < 1.29 is 19.2 Å². The highest BCUT2D eigenvalue weighted by Gasteiger charge is 2.16. The molecule has 1 aliphatic rings. The molecular formula is C23H31N2O3+. The number of nitrogens with one attached hydrogen (secondary N) is 2. The van der Waals surface area contributed by atoms with Gasteiger partial charge < -0.3 is 19.7 Å². The van der Waals surface area contributed by atoms with E-state index in [1.54, 1.807) is 0 Å². The fraction of sp³-hybridized carbons (Fsp3) is 0.435. The average molecular weight is 384 g/mol. The third kappa shape index (κ3) is 6.16. The normalized spacial score (nSPS) is 15.0. The highest BCUT2D eigenvalue weighted by atomic mass is 16.5. The van der Waals surface area contributed by atoms with Gasteiger partial charge in [-0.05, 0) is 37.1 Å². The molecule has 1 aliphatic heterocycles. The van der Waals surface area contributed by atoms with Gasteiger partial charge in [0.05, 0.1) is 25.9 Å². The van der Waals surface area contributed by atoms with E-state index < -0.39 is 0 Å². The first-order chi connectivity index (χ1) is 13.6. The molecule has 0 radical (unpaired) electrons. The molecule has 0 aromatic heterocycles. The van der Waals surface area contributed by atoms with E-state index in [1.807, 2.05) is 44.2 Å². The SMILES string of the molecule is CC(C)OCc1ccc(C(=O)NCc2ccccc2C[NH+]2CCOCC2)cc1. The van der Waals surface area contributed by atoms with E-state index in [1.165, 1.54) is 16.0 Å². The monoisotopic (exact) mass is 383 g/mol. The summed E-state index contributed by atoms with van der Waals surface area (Å²) in [6, 6.07) is 16.0. The molecule has 28 heavy (non-hydrogen) atoms. The summed E-state index contributed by atoms with van der Waals surface area (Å²) in [4.78, 5) is 14.1. The van der Waals surface area contributed by atoms with Crippen LogP contribution in [0.2, 0.25) is 0 Å². The summed E-state index contributed by atoms with van der Waals surface area (Å²) in [7, 11) is 0. The van der Waals surface area contributed by atoms with Crippen LogP contribution in [0.4, 0.5) is 0 Å². The van der Waals surface area contributed by atoms with Crippen LogP contribution >= 0.6 is 0 Å². The summed E-state index contributed by atoms with van der Waals surface area (Å²) >= 11 is 0. The molecule has 0 spiro atoms. The van der Waals surface area contributed by atoms with Crippen LogP contribution in [0, 0.1) is 0 Å². The fourth-order valence-corrected chi connectivity index (χ4v) is 3.30. The molecule has 0 aliphatic carbocycles. The van der Waals surface area contributed by atoms with Crippen LogP contribution < -0.4 is 10.2 Å². The second kappa shape index (κ2) is 10.4. The number of ether oxygens (including phenoxy) is 2. The van der Waals surface area contributed by atoms with Crippen molar-refractivity contribution in [1.82, 2.24) is 5.32 Å². The largest absolute Gasteiger partial charge is 0.374 e. The molecule has 0 atom stereocenters. The van der Waals surface area contributed by atoms with Crippen LogP contribution in [0.1, 0.15) is 40.9 Å². The average Bonchev–Trinajstić information content (AvgIpc) is 2.72. The van der Waals surface area contributed by atoms with E-state index in [4.69, 9.17) is 9.47 Å². The number of benzene rings is 2. The van der Waals surface area contributed by atoms with E-state index in [-0.39, 0.29) is 12.0 Å². The van der Waals surface area contributed by atoms with Crippen molar-refractivity contribution in [2.45, 2.75) is 39.6 Å². The Morgan fingerprint density at radius 3 is 2.43 bits per heavy atom. The topological polar surface area (TPSA) is 52.0 Å². The van der Waals surface area contributed by atoms with Crippen molar-refractivity contribution in [1.29, 1.82) is 0 Å². The summed E-state index contributed by atoms with van der Waals surface area (Å²) in [6.45, 7) is 9.83. The Morgan fingerprint density at radius 1 is 1.07 bits per heavy atom. The Kier molecular flexibility index (Phi) is 7.60. The van der Waals surface area contributed by atoms with Gasteiger partial charge in [0.25, 0.3) is 5.91 Å². The molecular weight excluding hydrogens is 352 g/mol. The van der Waals surface area contributed by atoms with E-state index in [9.17, 15) is 4.79 Å². The van der Waals surface area contributed by atoms with Gasteiger partial charge in [0.15, 0.2) is 0 Å². The predicted octanol–water partition coefficient (Wildman–Crippen LogP) is 1.96. The third-order valence-corrected chi connectivity index (χ3v) is 5.00. The molecule has 1 saturated heterocycles. The quantitative estimate of drug-likeness (QED) is 0.733. The maximum atomic E-state index is 12.5. The van der Waals surface area contributed by atoms with Gasteiger partial charge in [-0.15, -0.1) is 0 Å². The first-order valence-corrected chi connectivity index (χ1v) is 10.1. The molecule has 0 saturated carbocycles. The standard InChI is InChI=1S/C23H30N2O3/c1-18(2)28-17-19-7-9-20(10-8-19)23(26)24-15-21-5-3-4-6-22(21)16-25-11-13-27-14-12-25/h3-10,18H,11-17H2,1-2H3,(H,24,26)/p+1. The molecule has 1 amide bonds. The van der Waals surface area contributed by atoms with E-state index >= 15 is 0 Å². The molecule has 1 fully saturated rings. The number of amides is 1. The van der Waals surface area contributed by atoms with Crippen molar-refractivity contribution in [3.05, 3.63) is 70.8 Å². The highest BCUT2D eigenvalue weighted by Crippen LogP contribution is 2.10. The van der Waals surface area contributed by atoms with E-state index in [2.05, 4.69) is 23.5 Å². The first kappa shape index (κ1) is 20.5. The molecule has 1 heterocycles. The van der Waals surface area contributed by atoms with Gasteiger partial charge in [0.2, 0.25) is 0 Å². The molecule has 2 aromatic rings. The Bertz CT molecular complexity index is 753. The number of carbonyl (C=O) groups is 1. The maximum absolute atomic E-state index is 12.5. The van der Waals surface area contributed by atoms with E-state index in [0.717, 1.165) is 38.4 Å². The minimum Gasteiger partial charge on any atom is -0.374 e. The van der Waals surface area contributed by atoms with Crippen LogP contribution in [0.5, 0.6) is 0 Å². The molecule has 2 aromatic carbocycles. The van der Waals surface area contributed by atoms with Gasteiger partial charge in [-0.3, -0.25) is 4.79 Å².